The lowest BCUT2D eigenvalue weighted by Gasteiger charge is -2.26. The number of halogens is 1. The second-order valence-electron chi connectivity index (χ2n) is 6.12. The summed E-state index contributed by atoms with van der Waals surface area (Å²) in [5.74, 6) is 0.631. The molecule has 142 valence electrons. The van der Waals surface area contributed by atoms with E-state index in [1.165, 1.54) is 0 Å². The number of nitrogens with zero attached hydrogens (tertiary/aromatic N) is 2. The molecule has 0 aromatic heterocycles. The van der Waals surface area contributed by atoms with Crippen LogP contribution in [-0.4, -0.2) is 49.4 Å². The summed E-state index contributed by atoms with van der Waals surface area (Å²) >= 11 is 5.87. The molecular weight excluding hydrogens is 366 g/mol. The van der Waals surface area contributed by atoms with Gasteiger partial charge in [0.15, 0.2) is 6.61 Å². The van der Waals surface area contributed by atoms with Crippen molar-refractivity contribution in [2.24, 2.45) is 5.10 Å². The molecule has 2 aromatic carbocycles. The van der Waals surface area contributed by atoms with Gasteiger partial charge in [-0.1, -0.05) is 11.6 Å². The second-order valence-corrected chi connectivity index (χ2v) is 6.56. The van der Waals surface area contributed by atoms with Crippen molar-refractivity contribution in [3.63, 3.8) is 0 Å². The number of amides is 1. The summed E-state index contributed by atoms with van der Waals surface area (Å²) in [6.45, 7) is 4.37. The van der Waals surface area contributed by atoms with Crippen LogP contribution in [0.4, 0.5) is 5.69 Å². The van der Waals surface area contributed by atoms with E-state index in [1.807, 2.05) is 43.3 Å². The van der Waals surface area contributed by atoms with Crippen LogP contribution >= 0.6 is 11.6 Å². The third-order valence-electron chi connectivity index (χ3n) is 4.20. The van der Waals surface area contributed by atoms with Crippen molar-refractivity contribution in [3.05, 3.63) is 59.1 Å². The first-order valence-corrected chi connectivity index (χ1v) is 9.14. The Morgan fingerprint density at radius 2 is 1.81 bits per heavy atom. The normalized spacial score (nSPS) is 14.7. The SMILES string of the molecule is C/C(=N/Nc1ccc(Cl)cc1)c1ccc(OCC(=O)N2CCOCC2)cc1. The average Bonchev–Trinajstić information content (AvgIpc) is 2.72. The number of nitrogens with one attached hydrogen (secondary N) is 1. The van der Waals surface area contributed by atoms with Gasteiger partial charge in [-0.25, -0.2) is 0 Å². The summed E-state index contributed by atoms with van der Waals surface area (Å²) in [5, 5.41) is 5.05. The highest BCUT2D eigenvalue weighted by Gasteiger charge is 2.17. The molecule has 1 aliphatic heterocycles. The molecule has 0 saturated carbocycles. The smallest absolute Gasteiger partial charge is 0.260 e. The van der Waals surface area contributed by atoms with Gasteiger partial charge in [0.1, 0.15) is 5.75 Å². The van der Waals surface area contributed by atoms with Crippen molar-refractivity contribution in [1.82, 2.24) is 4.90 Å². The zero-order valence-electron chi connectivity index (χ0n) is 15.2. The number of carbonyl (C=O) groups is 1. The maximum absolute atomic E-state index is 12.1. The Morgan fingerprint density at radius 3 is 2.48 bits per heavy atom. The van der Waals surface area contributed by atoms with Crippen molar-refractivity contribution in [1.29, 1.82) is 0 Å². The van der Waals surface area contributed by atoms with E-state index in [2.05, 4.69) is 10.5 Å². The Kier molecular flexibility index (Phi) is 6.68. The molecule has 0 radical (unpaired) electrons. The van der Waals surface area contributed by atoms with Gasteiger partial charge >= 0.3 is 0 Å². The number of benzene rings is 2. The maximum atomic E-state index is 12.1. The van der Waals surface area contributed by atoms with Gasteiger partial charge in [-0.2, -0.15) is 5.10 Å². The fraction of sp³-hybridized carbons (Fsp3) is 0.300. The minimum Gasteiger partial charge on any atom is -0.484 e. The number of carbonyl (C=O) groups excluding carboxylic acids is 1. The first kappa shape index (κ1) is 19.2. The van der Waals surface area contributed by atoms with Crippen LogP contribution in [0.2, 0.25) is 5.02 Å². The molecule has 6 nitrogen and oxygen atoms in total. The third-order valence-corrected chi connectivity index (χ3v) is 4.45. The first-order valence-electron chi connectivity index (χ1n) is 8.76. The van der Waals surface area contributed by atoms with E-state index in [9.17, 15) is 4.79 Å². The van der Waals surface area contributed by atoms with Crippen molar-refractivity contribution >= 4 is 28.9 Å². The number of hydrazone groups is 1. The second kappa shape index (κ2) is 9.39. The molecule has 0 aliphatic carbocycles. The molecule has 0 bridgehead atoms. The fourth-order valence-electron chi connectivity index (χ4n) is 2.58. The zero-order valence-corrected chi connectivity index (χ0v) is 15.9. The molecule has 1 amide bonds. The van der Waals surface area contributed by atoms with E-state index in [0.717, 1.165) is 17.0 Å². The molecule has 2 aromatic rings. The first-order chi connectivity index (χ1) is 13.1. The molecule has 3 rings (SSSR count). The van der Waals surface area contributed by atoms with E-state index in [4.69, 9.17) is 21.1 Å². The van der Waals surface area contributed by atoms with E-state index in [-0.39, 0.29) is 12.5 Å². The topological polar surface area (TPSA) is 63.2 Å². The lowest BCUT2D eigenvalue weighted by molar-refractivity contribution is -0.137. The van der Waals surface area contributed by atoms with Crippen LogP contribution in [0.15, 0.2) is 53.6 Å². The quantitative estimate of drug-likeness (QED) is 0.609. The number of hydrogen-bond donors (Lipinski definition) is 1. The number of ether oxygens (including phenoxy) is 2. The molecule has 1 N–H and O–H groups in total. The van der Waals surface area contributed by atoms with Crippen molar-refractivity contribution < 1.29 is 14.3 Å². The molecule has 7 heteroatoms. The van der Waals surface area contributed by atoms with Crippen molar-refractivity contribution in [2.75, 3.05) is 38.3 Å². The van der Waals surface area contributed by atoms with Crippen LogP contribution in [-0.2, 0) is 9.53 Å². The molecule has 1 heterocycles. The van der Waals surface area contributed by atoms with Crippen LogP contribution in [0.1, 0.15) is 12.5 Å². The number of anilines is 1. The highest BCUT2D eigenvalue weighted by atomic mass is 35.5. The van der Waals surface area contributed by atoms with Crippen molar-refractivity contribution in [3.8, 4) is 5.75 Å². The Labute approximate surface area is 163 Å². The van der Waals surface area contributed by atoms with Crippen LogP contribution in [0.25, 0.3) is 0 Å². The lowest BCUT2D eigenvalue weighted by atomic mass is 10.1. The van der Waals surface area contributed by atoms with Gasteiger partial charge in [-0.3, -0.25) is 10.2 Å². The Morgan fingerprint density at radius 1 is 1.15 bits per heavy atom. The highest BCUT2D eigenvalue weighted by Crippen LogP contribution is 2.15. The van der Waals surface area contributed by atoms with Gasteiger partial charge in [-0.15, -0.1) is 0 Å². The van der Waals surface area contributed by atoms with Gasteiger partial charge in [0.25, 0.3) is 5.91 Å². The molecule has 27 heavy (non-hydrogen) atoms. The van der Waals surface area contributed by atoms with Gasteiger partial charge in [0.2, 0.25) is 0 Å². The zero-order chi connectivity index (χ0) is 19.1. The van der Waals surface area contributed by atoms with E-state index in [0.29, 0.717) is 37.1 Å². The molecular formula is C20H22ClN3O3. The summed E-state index contributed by atoms with van der Waals surface area (Å²) in [6, 6.07) is 14.8. The fourth-order valence-corrected chi connectivity index (χ4v) is 2.70. The summed E-state index contributed by atoms with van der Waals surface area (Å²) in [4.78, 5) is 13.9. The predicted octanol–water partition coefficient (Wildman–Crippen LogP) is 3.41. The Balaban J connectivity index is 1.52. The number of hydrogen-bond acceptors (Lipinski definition) is 5. The van der Waals surface area contributed by atoms with Gasteiger partial charge in [-0.05, 0) is 61.0 Å². The van der Waals surface area contributed by atoms with E-state index < -0.39 is 0 Å². The van der Waals surface area contributed by atoms with Crippen molar-refractivity contribution in [2.45, 2.75) is 6.92 Å². The van der Waals surface area contributed by atoms with Crippen LogP contribution < -0.4 is 10.2 Å². The van der Waals surface area contributed by atoms with E-state index in [1.54, 1.807) is 17.0 Å². The number of morpholine rings is 1. The molecule has 0 unspecified atom stereocenters. The Bertz CT molecular complexity index is 785. The third kappa shape index (κ3) is 5.70. The summed E-state index contributed by atoms with van der Waals surface area (Å²) in [7, 11) is 0. The lowest BCUT2D eigenvalue weighted by Crippen LogP contribution is -2.42. The minimum absolute atomic E-state index is 0.0210. The average molecular weight is 388 g/mol. The van der Waals surface area contributed by atoms with Crippen LogP contribution in [0, 0.1) is 0 Å². The van der Waals surface area contributed by atoms with E-state index >= 15 is 0 Å². The van der Waals surface area contributed by atoms with Gasteiger partial charge in [0, 0.05) is 18.1 Å². The monoisotopic (exact) mass is 387 g/mol. The number of rotatable bonds is 6. The molecule has 0 spiro atoms. The Hall–Kier alpha value is -2.57. The molecule has 1 saturated heterocycles. The highest BCUT2D eigenvalue weighted by molar-refractivity contribution is 6.30. The van der Waals surface area contributed by atoms with Gasteiger partial charge < -0.3 is 14.4 Å². The molecule has 0 atom stereocenters. The van der Waals surface area contributed by atoms with Gasteiger partial charge in [0.05, 0.1) is 24.6 Å². The predicted molar refractivity (Wildman–Crippen MR) is 107 cm³/mol. The summed E-state index contributed by atoms with van der Waals surface area (Å²) < 4.78 is 10.8. The summed E-state index contributed by atoms with van der Waals surface area (Å²) in [6.07, 6.45) is 0. The summed E-state index contributed by atoms with van der Waals surface area (Å²) in [5.41, 5.74) is 5.66. The standard InChI is InChI=1S/C20H22ClN3O3/c1-15(22-23-18-6-4-17(21)5-7-18)16-2-8-19(9-3-16)27-14-20(25)24-10-12-26-13-11-24/h2-9,23H,10-14H2,1H3/b22-15-. The minimum atomic E-state index is -0.0210. The largest absolute Gasteiger partial charge is 0.484 e. The molecule has 1 fully saturated rings. The van der Waals surface area contributed by atoms with Crippen LogP contribution in [0.5, 0.6) is 5.75 Å². The van der Waals surface area contributed by atoms with Crippen LogP contribution in [0.3, 0.4) is 0 Å². The molecule has 1 aliphatic rings. The maximum Gasteiger partial charge on any atom is 0.260 e.